The van der Waals surface area contributed by atoms with Gasteiger partial charge in [0.2, 0.25) is 5.95 Å². The first-order valence-corrected chi connectivity index (χ1v) is 9.91. The van der Waals surface area contributed by atoms with Crippen molar-refractivity contribution in [3.63, 3.8) is 0 Å². The number of fused-ring (bicyclic) bond motifs is 1. The van der Waals surface area contributed by atoms with Crippen LogP contribution in [-0.4, -0.2) is 55.5 Å². The van der Waals surface area contributed by atoms with Gasteiger partial charge >= 0.3 is 0 Å². The average molecular weight is 407 g/mol. The van der Waals surface area contributed by atoms with Crippen molar-refractivity contribution in [3.8, 4) is 17.1 Å². The molecule has 5 rings (SSSR count). The van der Waals surface area contributed by atoms with Crippen LogP contribution in [-0.2, 0) is 4.74 Å². The van der Waals surface area contributed by atoms with Crippen LogP contribution >= 0.6 is 0 Å². The van der Waals surface area contributed by atoms with Gasteiger partial charge < -0.3 is 14.6 Å². The number of rotatable bonds is 3. The van der Waals surface area contributed by atoms with Crippen molar-refractivity contribution in [2.75, 3.05) is 24.7 Å². The standard InChI is InChI=1S/C21H22FN7O/c1-12-11-30-7-6-28(12)21-24-19(10-20(25-21)29-13(2)26-27-14(29)3)17-8-15(22)9-18-16(17)4-5-23-18/h4-5,8-10,12,23H,6-7,11H2,1-3H3/t12-/m1/s1. The smallest absolute Gasteiger partial charge is 0.228 e. The van der Waals surface area contributed by atoms with Gasteiger partial charge in [-0.05, 0) is 39.0 Å². The first-order chi connectivity index (χ1) is 14.5. The third kappa shape index (κ3) is 3.11. The molecule has 30 heavy (non-hydrogen) atoms. The summed E-state index contributed by atoms with van der Waals surface area (Å²) in [5.41, 5.74) is 2.08. The summed E-state index contributed by atoms with van der Waals surface area (Å²) in [5.74, 6) is 2.37. The number of morpholine rings is 1. The quantitative estimate of drug-likeness (QED) is 0.562. The summed E-state index contributed by atoms with van der Waals surface area (Å²) in [7, 11) is 0. The minimum Gasteiger partial charge on any atom is -0.377 e. The second-order valence-electron chi connectivity index (χ2n) is 7.55. The number of aromatic amines is 1. The summed E-state index contributed by atoms with van der Waals surface area (Å²) in [5, 5.41) is 9.23. The predicted octanol–water partition coefficient (Wildman–Crippen LogP) is 3.19. The van der Waals surface area contributed by atoms with Crippen LogP contribution in [0.5, 0.6) is 0 Å². The van der Waals surface area contributed by atoms with E-state index in [0.29, 0.717) is 42.8 Å². The van der Waals surface area contributed by atoms with Gasteiger partial charge in [0.1, 0.15) is 23.3 Å². The third-order valence-corrected chi connectivity index (χ3v) is 5.45. The lowest BCUT2D eigenvalue weighted by atomic mass is 10.1. The normalized spacial score (nSPS) is 17.1. The van der Waals surface area contributed by atoms with Crippen molar-refractivity contribution in [3.05, 3.63) is 47.9 Å². The molecule has 9 heteroatoms. The lowest BCUT2D eigenvalue weighted by molar-refractivity contribution is 0.0981. The SMILES string of the molecule is Cc1nnc(C)n1-c1cc(-c2cc(F)cc3[nH]ccc23)nc(N2CCOC[C@H]2C)n1. The Morgan fingerprint density at radius 3 is 2.70 bits per heavy atom. The molecule has 154 valence electrons. The number of halogens is 1. The monoisotopic (exact) mass is 407 g/mol. The fourth-order valence-corrected chi connectivity index (χ4v) is 3.97. The van der Waals surface area contributed by atoms with E-state index in [1.807, 2.05) is 30.5 Å². The highest BCUT2D eigenvalue weighted by Crippen LogP contribution is 2.31. The van der Waals surface area contributed by atoms with Crippen LogP contribution in [0.2, 0.25) is 0 Å². The summed E-state index contributed by atoms with van der Waals surface area (Å²) >= 11 is 0. The second kappa shape index (κ2) is 7.17. The van der Waals surface area contributed by atoms with Crippen molar-refractivity contribution in [2.24, 2.45) is 0 Å². The Balaban J connectivity index is 1.75. The highest BCUT2D eigenvalue weighted by atomic mass is 19.1. The van der Waals surface area contributed by atoms with Gasteiger partial charge in [-0.25, -0.2) is 9.37 Å². The molecule has 1 N–H and O–H groups in total. The molecule has 0 unspecified atom stereocenters. The first kappa shape index (κ1) is 18.7. The minimum absolute atomic E-state index is 0.129. The molecule has 1 aliphatic rings. The molecule has 0 aliphatic carbocycles. The molecule has 1 saturated heterocycles. The molecular weight excluding hydrogens is 385 g/mol. The maximum Gasteiger partial charge on any atom is 0.228 e. The van der Waals surface area contributed by atoms with Gasteiger partial charge in [0.25, 0.3) is 0 Å². The molecule has 0 spiro atoms. The van der Waals surface area contributed by atoms with Gasteiger partial charge in [0.05, 0.1) is 24.9 Å². The molecule has 4 aromatic rings. The molecule has 0 radical (unpaired) electrons. The molecule has 1 aromatic carbocycles. The summed E-state index contributed by atoms with van der Waals surface area (Å²) in [6, 6.07) is 6.92. The van der Waals surface area contributed by atoms with E-state index in [1.165, 1.54) is 12.1 Å². The van der Waals surface area contributed by atoms with Crippen LogP contribution in [0.25, 0.3) is 28.0 Å². The molecule has 0 amide bonds. The summed E-state index contributed by atoms with van der Waals surface area (Å²) in [4.78, 5) is 14.9. The second-order valence-corrected chi connectivity index (χ2v) is 7.55. The van der Waals surface area contributed by atoms with E-state index in [1.54, 1.807) is 6.20 Å². The molecular formula is C21H22FN7O. The number of nitrogens with zero attached hydrogens (tertiary/aromatic N) is 6. The number of nitrogens with one attached hydrogen (secondary N) is 1. The molecule has 3 aromatic heterocycles. The number of H-pyrrole nitrogens is 1. The zero-order valence-electron chi connectivity index (χ0n) is 17.1. The zero-order valence-corrected chi connectivity index (χ0v) is 17.1. The number of aryl methyl sites for hydroxylation is 2. The Kier molecular flexibility index (Phi) is 4.47. The molecule has 1 atom stereocenters. The van der Waals surface area contributed by atoms with Crippen LogP contribution in [0.1, 0.15) is 18.6 Å². The molecule has 1 fully saturated rings. The van der Waals surface area contributed by atoms with Gasteiger partial charge in [-0.3, -0.25) is 4.57 Å². The van der Waals surface area contributed by atoms with Crippen LogP contribution in [0.3, 0.4) is 0 Å². The van der Waals surface area contributed by atoms with Crippen LogP contribution in [0.4, 0.5) is 10.3 Å². The van der Waals surface area contributed by atoms with Gasteiger partial charge in [-0.1, -0.05) is 0 Å². The Hall–Kier alpha value is -3.33. The molecule has 4 heterocycles. The van der Waals surface area contributed by atoms with Crippen molar-refractivity contribution in [1.82, 2.24) is 29.7 Å². The Morgan fingerprint density at radius 1 is 1.13 bits per heavy atom. The fourth-order valence-electron chi connectivity index (χ4n) is 3.97. The van der Waals surface area contributed by atoms with Gasteiger partial charge in [0.15, 0.2) is 0 Å². The Morgan fingerprint density at radius 2 is 1.93 bits per heavy atom. The van der Waals surface area contributed by atoms with Gasteiger partial charge in [-0.2, -0.15) is 4.98 Å². The van der Waals surface area contributed by atoms with E-state index >= 15 is 0 Å². The van der Waals surface area contributed by atoms with Gasteiger partial charge in [0, 0.05) is 35.3 Å². The summed E-state index contributed by atoms with van der Waals surface area (Å²) in [6.45, 7) is 7.75. The van der Waals surface area contributed by atoms with E-state index in [4.69, 9.17) is 14.7 Å². The van der Waals surface area contributed by atoms with Crippen LogP contribution in [0, 0.1) is 19.7 Å². The lowest BCUT2D eigenvalue weighted by Gasteiger charge is -2.33. The van der Waals surface area contributed by atoms with Crippen molar-refractivity contribution >= 4 is 16.9 Å². The Bertz CT molecular complexity index is 1210. The fraction of sp³-hybridized carbons (Fsp3) is 0.333. The largest absolute Gasteiger partial charge is 0.377 e. The van der Waals surface area contributed by atoms with E-state index in [9.17, 15) is 4.39 Å². The maximum atomic E-state index is 14.4. The topological polar surface area (TPSA) is 84.8 Å². The number of benzene rings is 1. The number of ether oxygens (including phenoxy) is 1. The van der Waals surface area contributed by atoms with Crippen molar-refractivity contribution in [2.45, 2.75) is 26.8 Å². The van der Waals surface area contributed by atoms with Gasteiger partial charge in [-0.15, -0.1) is 10.2 Å². The average Bonchev–Trinajstić information content (AvgIpc) is 3.33. The number of hydrogen-bond donors (Lipinski definition) is 1. The summed E-state index contributed by atoms with van der Waals surface area (Å²) in [6.07, 6.45) is 1.80. The molecule has 0 bridgehead atoms. The highest BCUT2D eigenvalue weighted by molar-refractivity contribution is 5.94. The van der Waals surface area contributed by atoms with E-state index in [-0.39, 0.29) is 11.9 Å². The van der Waals surface area contributed by atoms with E-state index in [2.05, 4.69) is 27.0 Å². The molecule has 8 nitrogen and oxygen atoms in total. The van der Waals surface area contributed by atoms with Crippen molar-refractivity contribution < 1.29 is 9.13 Å². The first-order valence-electron chi connectivity index (χ1n) is 9.91. The predicted molar refractivity (Wildman–Crippen MR) is 111 cm³/mol. The Labute approximate surface area is 172 Å². The maximum absolute atomic E-state index is 14.4. The van der Waals surface area contributed by atoms with Crippen LogP contribution in [0.15, 0.2) is 30.5 Å². The highest BCUT2D eigenvalue weighted by Gasteiger charge is 2.24. The minimum atomic E-state index is -0.321. The zero-order chi connectivity index (χ0) is 20.8. The number of anilines is 1. The van der Waals surface area contributed by atoms with E-state index < -0.39 is 0 Å². The molecule has 0 saturated carbocycles. The van der Waals surface area contributed by atoms with E-state index in [0.717, 1.165) is 22.6 Å². The number of hydrogen-bond acceptors (Lipinski definition) is 6. The van der Waals surface area contributed by atoms with Crippen LogP contribution < -0.4 is 4.90 Å². The number of aromatic nitrogens is 6. The lowest BCUT2D eigenvalue weighted by Crippen LogP contribution is -2.44. The van der Waals surface area contributed by atoms with Crippen molar-refractivity contribution in [1.29, 1.82) is 0 Å². The third-order valence-electron chi connectivity index (χ3n) is 5.45. The summed E-state index contributed by atoms with van der Waals surface area (Å²) < 4.78 is 21.8. The molecule has 1 aliphatic heterocycles.